The van der Waals surface area contributed by atoms with E-state index >= 15 is 0 Å². The normalized spacial score (nSPS) is 30.6. The van der Waals surface area contributed by atoms with Crippen LogP contribution < -0.4 is 0 Å². The van der Waals surface area contributed by atoms with Gasteiger partial charge in [0, 0.05) is 32.8 Å². The minimum Gasteiger partial charge on any atom is -0.396 e. The lowest BCUT2D eigenvalue weighted by molar-refractivity contribution is -0.153. The maximum absolute atomic E-state index is 14.5. The molecule has 1 spiro atoms. The number of carbonyl (C=O) groups excluding carboxylic acids is 3. The number of rotatable bonds is 10. The highest BCUT2D eigenvalue weighted by Gasteiger charge is 2.74. The summed E-state index contributed by atoms with van der Waals surface area (Å²) in [6.07, 6.45) is 11.5. The number of para-hydroxylation sites is 1. The van der Waals surface area contributed by atoms with Gasteiger partial charge in [0.1, 0.15) is 23.8 Å². The molecule has 4 aliphatic heterocycles. The van der Waals surface area contributed by atoms with Crippen LogP contribution in [-0.2, 0) is 25.8 Å². The number of aliphatic hydroxyl groups is 1. The second-order valence-electron chi connectivity index (χ2n) is 12.0. The van der Waals surface area contributed by atoms with Gasteiger partial charge in [-0.3, -0.25) is 14.4 Å². The topological polar surface area (TPSA) is 121 Å². The van der Waals surface area contributed by atoms with Gasteiger partial charge in [0.15, 0.2) is 0 Å². The predicted octanol–water partition coefficient (Wildman–Crippen LogP) is 2.12. The van der Waals surface area contributed by atoms with E-state index in [1.54, 1.807) is 19.4 Å². The lowest BCUT2D eigenvalue weighted by Crippen LogP contribution is -2.56. The molecule has 1 unspecified atom stereocenters. The molecule has 1 aromatic carbocycles. The zero-order valence-corrected chi connectivity index (χ0v) is 24.4. The van der Waals surface area contributed by atoms with Crippen LogP contribution >= 0.6 is 0 Å². The summed E-state index contributed by atoms with van der Waals surface area (Å²) in [7, 11) is 0. The maximum Gasteiger partial charge on any atom is 0.250 e. The second kappa shape index (κ2) is 11.3. The molecule has 1 N–H and O–H groups in total. The van der Waals surface area contributed by atoms with Gasteiger partial charge in [0.25, 0.3) is 5.91 Å². The summed E-state index contributed by atoms with van der Waals surface area (Å²) in [5.74, 6) is -2.08. The third-order valence-corrected chi connectivity index (χ3v) is 9.25. The lowest BCUT2D eigenvalue weighted by atomic mass is 9.74. The van der Waals surface area contributed by atoms with E-state index in [1.165, 1.54) is 0 Å². The third kappa shape index (κ3) is 4.53. The van der Waals surface area contributed by atoms with Crippen molar-refractivity contribution in [3.63, 3.8) is 0 Å². The van der Waals surface area contributed by atoms with Crippen molar-refractivity contribution in [2.24, 2.45) is 11.8 Å². The molecule has 0 saturated carbocycles. The quantitative estimate of drug-likeness (QED) is 0.340. The summed E-state index contributed by atoms with van der Waals surface area (Å²) >= 11 is 0. The standard InChI is InChI=1S/C31H40N6O5/c1-3-16-34-17-10-14-30(2)24(27(34)39)25-28(40)36(19-8-4-5-9-20-38)26-29(41)35(18-11-15-31(25,26)42-30)21-37-23-13-7-6-12-22(23)32-33-37/h6-7,10-15,24-26,38H,3-5,8-9,16-21H2,1-2H3/t24-,25-,26?,30+,31-/m0/s1. The molecule has 11 nitrogen and oxygen atoms in total. The molecule has 6 rings (SSSR count). The van der Waals surface area contributed by atoms with Crippen LogP contribution in [0.4, 0.5) is 0 Å². The summed E-state index contributed by atoms with van der Waals surface area (Å²) in [6, 6.07) is 6.68. The molecule has 0 bridgehead atoms. The summed E-state index contributed by atoms with van der Waals surface area (Å²) in [4.78, 5) is 48.2. The van der Waals surface area contributed by atoms with E-state index in [2.05, 4.69) is 10.3 Å². The average Bonchev–Trinajstić information content (AvgIpc) is 3.50. The van der Waals surface area contributed by atoms with E-state index in [9.17, 15) is 19.5 Å². The van der Waals surface area contributed by atoms with Gasteiger partial charge in [0.05, 0.1) is 23.0 Å². The Morgan fingerprint density at radius 3 is 2.50 bits per heavy atom. The minimum absolute atomic E-state index is 0.0980. The Morgan fingerprint density at radius 2 is 1.69 bits per heavy atom. The van der Waals surface area contributed by atoms with Gasteiger partial charge in [-0.05, 0) is 38.3 Å². The molecule has 0 radical (unpaired) electrons. The zero-order valence-electron chi connectivity index (χ0n) is 24.4. The Labute approximate surface area is 245 Å². The number of likely N-dealkylation sites (tertiary alicyclic amines) is 1. The van der Waals surface area contributed by atoms with Crippen molar-refractivity contribution >= 4 is 28.8 Å². The number of amides is 3. The average molecular weight is 577 g/mol. The Balaban J connectivity index is 1.37. The van der Waals surface area contributed by atoms with Crippen molar-refractivity contribution in [1.29, 1.82) is 0 Å². The number of benzene rings is 1. The first-order valence-corrected chi connectivity index (χ1v) is 15.2. The molecule has 0 aliphatic carbocycles. The number of fused-ring (bicyclic) bond motifs is 3. The second-order valence-corrected chi connectivity index (χ2v) is 12.0. The van der Waals surface area contributed by atoms with Crippen molar-refractivity contribution in [2.75, 3.05) is 32.8 Å². The molecule has 1 aromatic heterocycles. The van der Waals surface area contributed by atoms with Crippen LogP contribution in [0, 0.1) is 11.8 Å². The number of ether oxygens (including phenoxy) is 1. The van der Waals surface area contributed by atoms with E-state index in [4.69, 9.17) is 4.74 Å². The molecular weight excluding hydrogens is 536 g/mol. The first-order chi connectivity index (χ1) is 20.3. The number of hydrogen-bond donors (Lipinski definition) is 1. The van der Waals surface area contributed by atoms with E-state index < -0.39 is 29.1 Å². The Hall–Kier alpha value is -3.57. The highest BCUT2D eigenvalue weighted by molar-refractivity contribution is 6.00. The summed E-state index contributed by atoms with van der Waals surface area (Å²) in [6.45, 7) is 5.96. The number of nitrogens with zero attached hydrogens (tertiary/aromatic N) is 6. The molecule has 5 atom stereocenters. The molecular formula is C31H40N6O5. The predicted molar refractivity (Wildman–Crippen MR) is 155 cm³/mol. The Kier molecular flexibility index (Phi) is 7.65. The number of aliphatic hydroxyl groups excluding tert-OH is 1. The molecule has 42 heavy (non-hydrogen) atoms. The Morgan fingerprint density at radius 1 is 0.929 bits per heavy atom. The van der Waals surface area contributed by atoms with Gasteiger partial charge >= 0.3 is 0 Å². The molecule has 4 aliphatic rings. The smallest absolute Gasteiger partial charge is 0.250 e. The molecule has 2 saturated heterocycles. The van der Waals surface area contributed by atoms with Gasteiger partial charge in [-0.1, -0.05) is 61.4 Å². The van der Waals surface area contributed by atoms with Gasteiger partial charge in [0.2, 0.25) is 11.8 Å². The lowest BCUT2D eigenvalue weighted by Gasteiger charge is -2.37. The van der Waals surface area contributed by atoms with Crippen molar-refractivity contribution in [2.45, 2.75) is 69.9 Å². The van der Waals surface area contributed by atoms with Crippen LogP contribution in [0.1, 0.15) is 46.0 Å². The van der Waals surface area contributed by atoms with Gasteiger partial charge in [-0.25, -0.2) is 4.68 Å². The van der Waals surface area contributed by atoms with Gasteiger partial charge in [-0.15, -0.1) is 5.10 Å². The number of carbonyl (C=O) groups is 3. The molecule has 11 heteroatoms. The number of hydrogen-bond acceptors (Lipinski definition) is 7. The van der Waals surface area contributed by atoms with E-state index in [0.717, 1.165) is 30.3 Å². The van der Waals surface area contributed by atoms with E-state index in [0.29, 0.717) is 39.0 Å². The van der Waals surface area contributed by atoms with Crippen LogP contribution in [0.15, 0.2) is 48.6 Å². The molecule has 5 heterocycles. The highest BCUT2D eigenvalue weighted by atomic mass is 16.5. The van der Waals surface area contributed by atoms with Crippen LogP contribution in [0.2, 0.25) is 0 Å². The van der Waals surface area contributed by atoms with Crippen molar-refractivity contribution < 1.29 is 24.2 Å². The first-order valence-electron chi connectivity index (χ1n) is 15.2. The van der Waals surface area contributed by atoms with Gasteiger partial charge < -0.3 is 24.5 Å². The number of aromatic nitrogens is 3. The third-order valence-electron chi connectivity index (χ3n) is 9.25. The van der Waals surface area contributed by atoms with Crippen LogP contribution in [0.3, 0.4) is 0 Å². The molecule has 3 amide bonds. The number of unbranched alkanes of at least 4 members (excludes halogenated alkanes) is 3. The summed E-state index contributed by atoms with van der Waals surface area (Å²) in [5.41, 5.74) is -0.741. The van der Waals surface area contributed by atoms with Crippen molar-refractivity contribution in [3.8, 4) is 0 Å². The SMILES string of the molecule is CCCN1CC=C[C@@]2(C)O[C@]34C=CCN(Cn5nnc6ccccc65)C(=O)C3N(CCCCCCO)C(=O)[C@@H]4[C@H]2C1=O. The van der Waals surface area contributed by atoms with Crippen molar-refractivity contribution in [1.82, 2.24) is 29.7 Å². The molecule has 2 fully saturated rings. The molecule has 224 valence electrons. The fourth-order valence-electron chi connectivity index (χ4n) is 7.39. The molecule has 2 aromatic rings. The van der Waals surface area contributed by atoms with Crippen LogP contribution in [0.5, 0.6) is 0 Å². The van der Waals surface area contributed by atoms with Crippen LogP contribution in [0.25, 0.3) is 11.0 Å². The van der Waals surface area contributed by atoms with Crippen molar-refractivity contribution in [3.05, 3.63) is 48.6 Å². The Bertz CT molecular complexity index is 1420. The van der Waals surface area contributed by atoms with Gasteiger partial charge in [-0.2, -0.15) is 0 Å². The minimum atomic E-state index is -1.27. The largest absolute Gasteiger partial charge is 0.396 e. The monoisotopic (exact) mass is 576 g/mol. The fourth-order valence-corrected chi connectivity index (χ4v) is 7.39. The van der Waals surface area contributed by atoms with Crippen LogP contribution in [-0.4, -0.2) is 103 Å². The maximum atomic E-state index is 14.5. The summed E-state index contributed by atoms with van der Waals surface area (Å²) in [5, 5.41) is 17.7. The fraction of sp³-hybridized carbons (Fsp3) is 0.581. The summed E-state index contributed by atoms with van der Waals surface area (Å²) < 4.78 is 8.59. The first kappa shape index (κ1) is 28.5. The zero-order chi connectivity index (χ0) is 29.5. The van der Waals surface area contributed by atoms with E-state index in [-0.39, 0.29) is 31.0 Å². The van der Waals surface area contributed by atoms with E-state index in [1.807, 2.05) is 62.4 Å². The highest BCUT2D eigenvalue weighted by Crippen LogP contribution is 2.57.